The molecule has 0 aliphatic heterocycles. The summed E-state index contributed by atoms with van der Waals surface area (Å²) in [5, 5.41) is 0. The van der Waals surface area contributed by atoms with E-state index in [9.17, 15) is 0 Å². The highest BCUT2D eigenvalue weighted by Gasteiger charge is 2.18. The second-order valence-electron chi connectivity index (χ2n) is 5.22. The van der Waals surface area contributed by atoms with Gasteiger partial charge in [0.15, 0.2) is 0 Å². The highest BCUT2D eigenvalue weighted by atomic mass is 14.7. The fraction of sp³-hybridized carbons (Fsp3) is 0.389. The lowest BCUT2D eigenvalue weighted by atomic mass is 9.90. The highest BCUT2D eigenvalue weighted by molar-refractivity contribution is 5.82. The number of hydrogen-bond acceptors (Lipinski definition) is 1. The molecule has 0 fully saturated rings. The van der Waals surface area contributed by atoms with Crippen LogP contribution in [0.5, 0.6) is 0 Å². The first-order chi connectivity index (χ1) is 9.24. The Kier molecular flexibility index (Phi) is 4.73. The summed E-state index contributed by atoms with van der Waals surface area (Å²) in [6, 6.07) is 8.60. The number of rotatable bonds is 5. The lowest BCUT2D eigenvalue weighted by molar-refractivity contribution is 0.810. The molecular formula is C18H23N. The van der Waals surface area contributed by atoms with Crippen LogP contribution in [0.3, 0.4) is 0 Å². The number of allylic oxidation sites excluding steroid dienone is 4. The SMILES string of the molecule is CCCCN=Cc1ccccc1C1C=CC(C)=C1C. The van der Waals surface area contributed by atoms with Crippen LogP contribution in [0.4, 0.5) is 0 Å². The van der Waals surface area contributed by atoms with E-state index in [-0.39, 0.29) is 0 Å². The molecule has 1 heteroatoms. The predicted molar refractivity (Wildman–Crippen MR) is 84.1 cm³/mol. The van der Waals surface area contributed by atoms with Gasteiger partial charge >= 0.3 is 0 Å². The van der Waals surface area contributed by atoms with Crippen molar-refractivity contribution in [1.29, 1.82) is 0 Å². The van der Waals surface area contributed by atoms with E-state index in [1.807, 2.05) is 6.21 Å². The van der Waals surface area contributed by atoms with Gasteiger partial charge in [0, 0.05) is 18.7 Å². The Morgan fingerprint density at radius 2 is 2.00 bits per heavy atom. The van der Waals surface area contributed by atoms with E-state index < -0.39 is 0 Å². The van der Waals surface area contributed by atoms with Crippen LogP contribution in [0, 0.1) is 0 Å². The van der Waals surface area contributed by atoms with Gasteiger partial charge in [-0.15, -0.1) is 0 Å². The number of aliphatic imine (C=N–C) groups is 1. The van der Waals surface area contributed by atoms with Gasteiger partial charge in [-0.05, 0) is 31.4 Å². The van der Waals surface area contributed by atoms with Crippen molar-refractivity contribution in [2.45, 2.75) is 39.5 Å². The third kappa shape index (κ3) is 3.23. The van der Waals surface area contributed by atoms with Crippen molar-refractivity contribution in [2.24, 2.45) is 4.99 Å². The predicted octanol–water partition coefficient (Wildman–Crippen LogP) is 4.90. The lowest BCUT2D eigenvalue weighted by Gasteiger charge is -2.14. The van der Waals surface area contributed by atoms with E-state index in [1.165, 1.54) is 35.1 Å². The van der Waals surface area contributed by atoms with E-state index in [1.54, 1.807) is 0 Å². The van der Waals surface area contributed by atoms with Crippen LogP contribution in [0.15, 0.2) is 52.6 Å². The molecule has 0 bridgehead atoms. The fourth-order valence-electron chi connectivity index (χ4n) is 2.42. The minimum atomic E-state index is 0.425. The number of benzene rings is 1. The van der Waals surface area contributed by atoms with Crippen LogP contribution < -0.4 is 0 Å². The first kappa shape index (κ1) is 13.8. The molecule has 0 amide bonds. The fourth-order valence-corrected chi connectivity index (χ4v) is 2.42. The maximum absolute atomic E-state index is 4.54. The molecule has 1 aromatic carbocycles. The van der Waals surface area contributed by atoms with Gasteiger partial charge in [0.25, 0.3) is 0 Å². The van der Waals surface area contributed by atoms with Crippen LogP contribution in [0.2, 0.25) is 0 Å². The zero-order valence-corrected chi connectivity index (χ0v) is 12.2. The van der Waals surface area contributed by atoms with Crippen molar-refractivity contribution < 1.29 is 0 Å². The number of hydrogen-bond donors (Lipinski definition) is 0. The Morgan fingerprint density at radius 1 is 1.21 bits per heavy atom. The second-order valence-corrected chi connectivity index (χ2v) is 5.22. The first-order valence-electron chi connectivity index (χ1n) is 7.18. The van der Waals surface area contributed by atoms with Gasteiger partial charge in [-0.2, -0.15) is 0 Å². The standard InChI is InChI=1S/C18H23N/c1-4-5-12-19-13-16-8-6-7-9-18(16)17-11-10-14(2)15(17)3/h6-11,13,17H,4-5,12H2,1-3H3. The van der Waals surface area contributed by atoms with Gasteiger partial charge in [0.05, 0.1) is 0 Å². The molecule has 1 aromatic rings. The average molecular weight is 253 g/mol. The molecule has 19 heavy (non-hydrogen) atoms. The molecule has 2 rings (SSSR count). The minimum Gasteiger partial charge on any atom is -0.293 e. The van der Waals surface area contributed by atoms with Crippen LogP contribution in [0.25, 0.3) is 0 Å². The summed E-state index contributed by atoms with van der Waals surface area (Å²) >= 11 is 0. The van der Waals surface area contributed by atoms with Gasteiger partial charge in [0.1, 0.15) is 0 Å². The van der Waals surface area contributed by atoms with Gasteiger partial charge in [-0.1, -0.05) is 60.9 Å². The van der Waals surface area contributed by atoms with E-state index >= 15 is 0 Å². The summed E-state index contributed by atoms with van der Waals surface area (Å²) in [6.07, 6.45) is 8.93. The molecule has 1 unspecified atom stereocenters. The largest absolute Gasteiger partial charge is 0.293 e. The molecule has 0 saturated carbocycles. The quantitative estimate of drug-likeness (QED) is 0.523. The first-order valence-corrected chi connectivity index (χ1v) is 7.18. The smallest absolute Gasteiger partial charge is 0.0389 e. The molecular weight excluding hydrogens is 230 g/mol. The Bertz CT molecular complexity index is 520. The summed E-state index contributed by atoms with van der Waals surface area (Å²) in [6.45, 7) is 7.54. The molecule has 100 valence electrons. The summed E-state index contributed by atoms with van der Waals surface area (Å²) < 4.78 is 0. The van der Waals surface area contributed by atoms with Crippen molar-refractivity contribution in [3.8, 4) is 0 Å². The maximum atomic E-state index is 4.54. The van der Waals surface area contributed by atoms with Gasteiger partial charge in [0.2, 0.25) is 0 Å². The second kappa shape index (κ2) is 6.51. The van der Waals surface area contributed by atoms with Crippen LogP contribution in [-0.2, 0) is 0 Å². The van der Waals surface area contributed by atoms with Gasteiger partial charge < -0.3 is 0 Å². The van der Waals surface area contributed by atoms with Crippen molar-refractivity contribution >= 4 is 6.21 Å². The topological polar surface area (TPSA) is 12.4 Å². The summed E-state index contributed by atoms with van der Waals surface area (Å²) in [7, 11) is 0. The molecule has 0 aromatic heterocycles. The zero-order chi connectivity index (χ0) is 13.7. The Balaban J connectivity index is 2.22. The number of unbranched alkanes of at least 4 members (excludes halogenated alkanes) is 1. The molecule has 0 saturated heterocycles. The van der Waals surface area contributed by atoms with Crippen LogP contribution in [-0.4, -0.2) is 12.8 Å². The maximum Gasteiger partial charge on any atom is 0.0389 e. The zero-order valence-electron chi connectivity index (χ0n) is 12.2. The Labute approximate surface area is 116 Å². The normalized spacial score (nSPS) is 18.8. The molecule has 0 heterocycles. The molecule has 0 spiro atoms. The van der Waals surface area contributed by atoms with Crippen molar-refractivity contribution in [3.05, 3.63) is 58.7 Å². The number of nitrogens with zero attached hydrogens (tertiary/aromatic N) is 1. The molecule has 1 atom stereocenters. The monoisotopic (exact) mass is 253 g/mol. The van der Waals surface area contributed by atoms with Crippen molar-refractivity contribution in [2.75, 3.05) is 6.54 Å². The van der Waals surface area contributed by atoms with Crippen molar-refractivity contribution in [3.63, 3.8) is 0 Å². The Morgan fingerprint density at radius 3 is 2.68 bits per heavy atom. The third-order valence-electron chi connectivity index (χ3n) is 3.83. The third-order valence-corrected chi connectivity index (χ3v) is 3.83. The molecule has 1 aliphatic rings. The summed E-state index contributed by atoms with van der Waals surface area (Å²) in [5.74, 6) is 0.425. The molecule has 1 nitrogen and oxygen atoms in total. The summed E-state index contributed by atoms with van der Waals surface area (Å²) in [4.78, 5) is 4.54. The van der Waals surface area contributed by atoms with Crippen molar-refractivity contribution in [1.82, 2.24) is 0 Å². The average Bonchev–Trinajstić information content (AvgIpc) is 2.76. The summed E-state index contributed by atoms with van der Waals surface area (Å²) in [5.41, 5.74) is 5.47. The Hall–Kier alpha value is -1.63. The molecule has 1 aliphatic carbocycles. The van der Waals surface area contributed by atoms with Crippen LogP contribution in [0.1, 0.15) is 50.7 Å². The van der Waals surface area contributed by atoms with Gasteiger partial charge in [-0.25, -0.2) is 0 Å². The van der Waals surface area contributed by atoms with E-state index in [4.69, 9.17) is 0 Å². The van der Waals surface area contributed by atoms with E-state index in [2.05, 4.69) is 62.2 Å². The van der Waals surface area contributed by atoms with E-state index in [0.717, 1.165) is 6.54 Å². The molecule has 0 radical (unpaired) electrons. The van der Waals surface area contributed by atoms with E-state index in [0.29, 0.717) is 5.92 Å². The highest BCUT2D eigenvalue weighted by Crippen LogP contribution is 2.34. The lowest BCUT2D eigenvalue weighted by Crippen LogP contribution is -2.00. The van der Waals surface area contributed by atoms with Gasteiger partial charge in [-0.3, -0.25) is 4.99 Å². The minimum absolute atomic E-state index is 0.425. The van der Waals surface area contributed by atoms with Crippen LogP contribution >= 0.6 is 0 Å². The molecule has 0 N–H and O–H groups in total.